The molecule has 1 aliphatic rings. The lowest BCUT2D eigenvalue weighted by atomic mass is 9.82. The molecule has 1 fully saturated rings. The number of hydrogen-bond acceptors (Lipinski definition) is 3. The van der Waals surface area contributed by atoms with Crippen LogP contribution in [0.15, 0.2) is 0 Å². The number of aliphatic carboxylic acids is 1. The van der Waals surface area contributed by atoms with Crippen LogP contribution in [0.4, 0.5) is 0 Å². The number of carboxylic acid groups (broad SMARTS) is 1. The number of nitrogens with one attached hydrogen (secondary N) is 1. The monoisotopic (exact) mass is 243 g/mol. The van der Waals surface area contributed by atoms with E-state index in [4.69, 9.17) is 9.84 Å². The van der Waals surface area contributed by atoms with Gasteiger partial charge in [0.25, 0.3) is 0 Å². The Labute approximate surface area is 102 Å². The Morgan fingerprint density at radius 1 is 1.35 bits per heavy atom. The van der Waals surface area contributed by atoms with Crippen molar-refractivity contribution in [3.63, 3.8) is 0 Å². The highest BCUT2D eigenvalue weighted by Crippen LogP contribution is 2.27. The fraction of sp³-hybridized carbons (Fsp3) is 0.833. The summed E-state index contributed by atoms with van der Waals surface area (Å²) in [5, 5.41) is 11.1. The van der Waals surface area contributed by atoms with Gasteiger partial charge in [-0.3, -0.25) is 4.79 Å². The van der Waals surface area contributed by atoms with Gasteiger partial charge < -0.3 is 15.2 Å². The number of amides is 1. The molecule has 17 heavy (non-hydrogen) atoms. The highest BCUT2D eigenvalue weighted by Gasteiger charge is 2.19. The minimum absolute atomic E-state index is 0.172. The average molecular weight is 243 g/mol. The quantitative estimate of drug-likeness (QED) is 0.730. The maximum Gasteiger partial charge on any atom is 0.329 e. The minimum atomic E-state index is -1.06. The third-order valence-corrected chi connectivity index (χ3v) is 3.09. The standard InChI is InChI=1S/C12H21NO4/c1-9-3-2-4-10(5-9)6-13-11(14)7-17-8-12(15)16/h9-10H,2-8H2,1H3,(H,13,14)(H,15,16). The summed E-state index contributed by atoms with van der Waals surface area (Å²) in [4.78, 5) is 21.5. The molecule has 0 aromatic heterocycles. The average Bonchev–Trinajstić information content (AvgIpc) is 2.26. The van der Waals surface area contributed by atoms with Gasteiger partial charge in [0.2, 0.25) is 5.91 Å². The molecule has 0 spiro atoms. The van der Waals surface area contributed by atoms with Crippen LogP contribution in [-0.4, -0.2) is 36.7 Å². The molecular formula is C12H21NO4. The van der Waals surface area contributed by atoms with E-state index < -0.39 is 12.6 Å². The molecule has 0 aliphatic heterocycles. The topological polar surface area (TPSA) is 75.6 Å². The van der Waals surface area contributed by atoms with E-state index in [1.54, 1.807) is 0 Å². The number of carbonyl (C=O) groups excluding carboxylic acids is 1. The SMILES string of the molecule is CC1CCCC(CNC(=O)COCC(=O)O)C1. The van der Waals surface area contributed by atoms with Crippen LogP contribution in [0.2, 0.25) is 0 Å². The van der Waals surface area contributed by atoms with Crippen molar-refractivity contribution in [1.82, 2.24) is 5.32 Å². The van der Waals surface area contributed by atoms with Crippen LogP contribution in [0.25, 0.3) is 0 Å². The van der Waals surface area contributed by atoms with E-state index in [1.807, 2.05) is 0 Å². The highest BCUT2D eigenvalue weighted by molar-refractivity contribution is 5.77. The van der Waals surface area contributed by atoms with Gasteiger partial charge in [-0.05, 0) is 24.7 Å². The smallest absolute Gasteiger partial charge is 0.329 e. The van der Waals surface area contributed by atoms with Crippen LogP contribution in [0.5, 0.6) is 0 Å². The summed E-state index contributed by atoms with van der Waals surface area (Å²) >= 11 is 0. The lowest BCUT2D eigenvalue weighted by molar-refractivity contribution is -0.143. The molecule has 1 saturated carbocycles. The van der Waals surface area contributed by atoms with Crippen molar-refractivity contribution in [1.29, 1.82) is 0 Å². The molecule has 0 bridgehead atoms. The molecule has 5 nitrogen and oxygen atoms in total. The van der Waals surface area contributed by atoms with E-state index in [-0.39, 0.29) is 12.5 Å². The van der Waals surface area contributed by atoms with Crippen molar-refractivity contribution in [2.75, 3.05) is 19.8 Å². The molecule has 2 atom stereocenters. The molecule has 1 amide bonds. The highest BCUT2D eigenvalue weighted by atomic mass is 16.5. The Balaban J connectivity index is 2.08. The van der Waals surface area contributed by atoms with E-state index in [9.17, 15) is 9.59 Å². The normalized spacial score (nSPS) is 24.3. The van der Waals surface area contributed by atoms with Crippen molar-refractivity contribution in [2.45, 2.75) is 32.6 Å². The Kier molecular flexibility index (Phi) is 5.97. The van der Waals surface area contributed by atoms with Gasteiger partial charge in [0, 0.05) is 6.54 Å². The second-order valence-corrected chi connectivity index (χ2v) is 4.83. The van der Waals surface area contributed by atoms with Crippen molar-refractivity contribution < 1.29 is 19.4 Å². The van der Waals surface area contributed by atoms with Gasteiger partial charge in [-0.2, -0.15) is 0 Å². The zero-order valence-corrected chi connectivity index (χ0v) is 10.3. The van der Waals surface area contributed by atoms with Crippen LogP contribution in [0.3, 0.4) is 0 Å². The Bertz CT molecular complexity index is 267. The van der Waals surface area contributed by atoms with Gasteiger partial charge in [0.1, 0.15) is 13.2 Å². The van der Waals surface area contributed by atoms with Crippen molar-refractivity contribution in [2.24, 2.45) is 11.8 Å². The van der Waals surface area contributed by atoms with Crippen LogP contribution in [0, 0.1) is 11.8 Å². The largest absolute Gasteiger partial charge is 0.480 e. The van der Waals surface area contributed by atoms with Crippen LogP contribution >= 0.6 is 0 Å². The minimum Gasteiger partial charge on any atom is -0.480 e. The molecule has 2 unspecified atom stereocenters. The van der Waals surface area contributed by atoms with E-state index in [1.165, 1.54) is 19.3 Å². The van der Waals surface area contributed by atoms with Crippen molar-refractivity contribution in [3.05, 3.63) is 0 Å². The summed E-state index contributed by atoms with van der Waals surface area (Å²) in [5.41, 5.74) is 0. The molecule has 1 aliphatic carbocycles. The lowest BCUT2D eigenvalue weighted by Gasteiger charge is -2.26. The van der Waals surface area contributed by atoms with E-state index in [2.05, 4.69) is 12.2 Å². The molecule has 0 radical (unpaired) electrons. The zero-order valence-electron chi connectivity index (χ0n) is 10.3. The van der Waals surface area contributed by atoms with Gasteiger partial charge in [-0.25, -0.2) is 4.79 Å². The predicted molar refractivity (Wildman–Crippen MR) is 62.6 cm³/mol. The zero-order chi connectivity index (χ0) is 12.7. The van der Waals surface area contributed by atoms with Gasteiger partial charge in [-0.1, -0.05) is 19.8 Å². The summed E-state index contributed by atoms with van der Waals surface area (Å²) in [6, 6.07) is 0. The van der Waals surface area contributed by atoms with Crippen LogP contribution in [-0.2, 0) is 14.3 Å². The number of ether oxygens (including phenoxy) is 1. The van der Waals surface area contributed by atoms with Crippen LogP contribution in [0.1, 0.15) is 32.6 Å². The van der Waals surface area contributed by atoms with E-state index >= 15 is 0 Å². The van der Waals surface area contributed by atoms with Crippen LogP contribution < -0.4 is 5.32 Å². The van der Waals surface area contributed by atoms with Gasteiger partial charge in [0.05, 0.1) is 0 Å². The summed E-state index contributed by atoms with van der Waals surface area (Å²) in [6.45, 7) is 2.33. The summed E-state index contributed by atoms with van der Waals surface area (Å²) < 4.78 is 4.71. The molecule has 0 aromatic rings. The number of rotatable bonds is 6. The first-order valence-corrected chi connectivity index (χ1v) is 6.14. The molecule has 5 heteroatoms. The Hall–Kier alpha value is -1.10. The second-order valence-electron chi connectivity index (χ2n) is 4.83. The lowest BCUT2D eigenvalue weighted by Crippen LogP contribution is -2.34. The van der Waals surface area contributed by atoms with Gasteiger partial charge in [-0.15, -0.1) is 0 Å². The Morgan fingerprint density at radius 2 is 2.12 bits per heavy atom. The van der Waals surface area contributed by atoms with Crippen molar-refractivity contribution >= 4 is 11.9 Å². The summed E-state index contributed by atoms with van der Waals surface area (Å²) in [5.74, 6) is 0.0134. The predicted octanol–water partition coefficient (Wildman–Crippen LogP) is 1.03. The number of carbonyl (C=O) groups is 2. The summed E-state index contributed by atoms with van der Waals surface area (Å²) in [7, 11) is 0. The molecule has 0 aromatic carbocycles. The fourth-order valence-corrected chi connectivity index (χ4v) is 2.29. The third kappa shape index (κ3) is 6.26. The van der Waals surface area contributed by atoms with E-state index in [0.29, 0.717) is 12.5 Å². The first-order chi connectivity index (χ1) is 8.08. The maximum absolute atomic E-state index is 11.3. The van der Waals surface area contributed by atoms with Gasteiger partial charge in [0.15, 0.2) is 0 Å². The molecule has 1 rings (SSSR count). The fourth-order valence-electron chi connectivity index (χ4n) is 2.29. The molecule has 0 saturated heterocycles. The molecule has 2 N–H and O–H groups in total. The van der Waals surface area contributed by atoms with Crippen molar-refractivity contribution in [3.8, 4) is 0 Å². The first kappa shape index (κ1) is 14.0. The van der Waals surface area contributed by atoms with Gasteiger partial charge >= 0.3 is 5.97 Å². The third-order valence-electron chi connectivity index (χ3n) is 3.09. The molecule has 0 heterocycles. The maximum atomic E-state index is 11.3. The molecular weight excluding hydrogens is 222 g/mol. The van der Waals surface area contributed by atoms with E-state index in [0.717, 1.165) is 12.3 Å². The number of carboxylic acids is 1. The second kappa shape index (κ2) is 7.27. The summed E-state index contributed by atoms with van der Waals surface area (Å²) in [6.07, 6.45) is 4.85. The number of hydrogen-bond donors (Lipinski definition) is 2. The first-order valence-electron chi connectivity index (χ1n) is 6.14. The Morgan fingerprint density at radius 3 is 2.76 bits per heavy atom. The molecule has 98 valence electrons.